The minimum atomic E-state index is -4.69. The summed E-state index contributed by atoms with van der Waals surface area (Å²) in [5, 5.41) is 9.29. The molecule has 3 heterocycles. The first-order chi connectivity index (χ1) is 11.3. The Bertz CT molecular complexity index is 888. The molecule has 4 rings (SSSR count). The standard InChI is InChI=1S/C15H10F3N3O3/c16-15(17,18)7-2-1-3-8-10(7)13(22)20-5-4-9(20)12-11(14(23)24)19-6-21(8)12/h1-3,6,9H,4-5H2,(H,23,24)/t9-/m0/s1. The minimum Gasteiger partial charge on any atom is -0.476 e. The van der Waals surface area contributed by atoms with Gasteiger partial charge < -0.3 is 10.0 Å². The molecule has 0 radical (unpaired) electrons. The Morgan fingerprint density at radius 2 is 2.08 bits per heavy atom. The zero-order valence-electron chi connectivity index (χ0n) is 12.0. The molecule has 0 unspecified atom stereocenters. The first kappa shape index (κ1) is 14.7. The Hall–Kier alpha value is -2.84. The molecule has 0 saturated carbocycles. The summed E-state index contributed by atoms with van der Waals surface area (Å²) in [6, 6.07) is 2.83. The molecule has 0 aliphatic carbocycles. The number of fused-ring (bicyclic) bond motifs is 5. The van der Waals surface area contributed by atoms with Crippen molar-refractivity contribution < 1.29 is 27.9 Å². The van der Waals surface area contributed by atoms with E-state index in [4.69, 9.17) is 0 Å². The van der Waals surface area contributed by atoms with Crippen LogP contribution in [0.2, 0.25) is 0 Å². The van der Waals surface area contributed by atoms with Crippen LogP contribution in [0.1, 0.15) is 44.6 Å². The van der Waals surface area contributed by atoms with Crippen molar-refractivity contribution in [1.82, 2.24) is 14.5 Å². The average Bonchev–Trinajstić information content (AvgIpc) is 2.86. The number of carbonyl (C=O) groups excluding carboxylic acids is 1. The molecule has 0 spiro atoms. The lowest BCUT2D eigenvalue weighted by atomic mass is 9.96. The van der Waals surface area contributed by atoms with Gasteiger partial charge in [0, 0.05) is 6.54 Å². The molecule has 2 aliphatic rings. The SMILES string of the molecule is O=C(O)c1ncn2c1[C@@H]1CCN1C(=O)c1c-2cccc1C(F)(F)F. The maximum absolute atomic E-state index is 13.3. The van der Waals surface area contributed by atoms with E-state index in [0.29, 0.717) is 6.42 Å². The smallest absolute Gasteiger partial charge is 0.417 e. The lowest BCUT2D eigenvalue weighted by Crippen LogP contribution is -2.45. The summed E-state index contributed by atoms with van der Waals surface area (Å²) in [6.07, 6.45) is -3.05. The number of carboxylic acids is 1. The summed E-state index contributed by atoms with van der Waals surface area (Å²) in [4.78, 5) is 29.1. The predicted molar refractivity (Wildman–Crippen MR) is 73.9 cm³/mol. The molecular weight excluding hydrogens is 327 g/mol. The van der Waals surface area contributed by atoms with E-state index in [0.717, 1.165) is 12.4 Å². The number of aromatic carboxylic acids is 1. The molecule has 1 aromatic heterocycles. The molecule has 2 aliphatic heterocycles. The zero-order chi connectivity index (χ0) is 17.2. The van der Waals surface area contributed by atoms with Gasteiger partial charge in [0.05, 0.1) is 28.6 Å². The largest absolute Gasteiger partial charge is 0.476 e. The molecule has 1 aromatic carbocycles. The molecule has 1 saturated heterocycles. The van der Waals surface area contributed by atoms with Gasteiger partial charge >= 0.3 is 12.1 Å². The number of nitrogens with zero attached hydrogens (tertiary/aromatic N) is 3. The highest BCUT2D eigenvalue weighted by atomic mass is 19.4. The minimum absolute atomic E-state index is 0.000718. The number of carbonyl (C=O) groups is 2. The molecule has 1 N–H and O–H groups in total. The second kappa shape index (κ2) is 4.59. The number of halogens is 3. The van der Waals surface area contributed by atoms with Crippen LogP contribution < -0.4 is 0 Å². The number of rotatable bonds is 1. The molecule has 1 amide bonds. The fourth-order valence-electron chi connectivity index (χ4n) is 3.29. The lowest BCUT2D eigenvalue weighted by Gasteiger charge is -2.39. The Kier molecular flexibility index (Phi) is 2.82. The van der Waals surface area contributed by atoms with E-state index in [-0.39, 0.29) is 23.6 Å². The van der Waals surface area contributed by atoms with Gasteiger partial charge in [-0.2, -0.15) is 13.2 Å². The van der Waals surface area contributed by atoms with E-state index in [1.807, 2.05) is 0 Å². The van der Waals surface area contributed by atoms with Crippen molar-refractivity contribution in [2.75, 3.05) is 6.54 Å². The van der Waals surface area contributed by atoms with Crippen LogP contribution in [0, 0.1) is 0 Å². The fourth-order valence-corrected chi connectivity index (χ4v) is 3.29. The van der Waals surface area contributed by atoms with Crippen molar-refractivity contribution >= 4 is 11.9 Å². The summed E-state index contributed by atoms with van der Waals surface area (Å²) >= 11 is 0. The Labute approximate surface area is 133 Å². The number of alkyl halides is 3. The van der Waals surface area contributed by atoms with Crippen molar-refractivity contribution in [3.8, 4) is 5.69 Å². The molecule has 6 nitrogen and oxygen atoms in total. The van der Waals surface area contributed by atoms with Gasteiger partial charge in [0.2, 0.25) is 0 Å². The van der Waals surface area contributed by atoms with Gasteiger partial charge in [-0.25, -0.2) is 9.78 Å². The molecule has 0 bridgehead atoms. The van der Waals surface area contributed by atoms with Gasteiger partial charge in [0.15, 0.2) is 5.69 Å². The molecule has 24 heavy (non-hydrogen) atoms. The number of carboxylic acid groups (broad SMARTS) is 1. The van der Waals surface area contributed by atoms with E-state index >= 15 is 0 Å². The first-order valence-corrected chi connectivity index (χ1v) is 7.12. The zero-order valence-corrected chi connectivity index (χ0v) is 12.0. The topological polar surface area (TPSA) is 75.4 Å². The molecular formula is C15H10F3N3O3. The lowest BCUT2D eigenvalue weighted by molar-refractivity contribution is -0.138. The number of amides is 1. The van der Waals surface area contributed by atoms with E-state index in [1.54, 1.807) is 0 Å². The van der Waals surface area contributed by atoms with E-state index in [9.17, 15) is 27.9 Å². The van der Waals surface area contributed by atoms with Crippen LogP contribution >= 0.6 is 0 Å². The maximum Gasteiger partial charge on any atom is 0.417 e. The second-order valence-corrected chi connectivity index (χ2v) is 5.65. The van der Waals surface area contributed by atoms with Crippen molar-refractivity contribution in [1.29, 1.82) is 0 Å². The maximum atomic E-state index is 13.3. The summed E-state index contributed by atoms with van der Waals surface area (Å²) < 4.78 is 41.3. The molecule has 1 atom stereocenters. The van der Waals surface area contributed by atoms with Crippen LogP contribution in [0.4, 0.5) is 13.2 Å². The molecule has 1 fully saturated rings. The van der Waals surface area contributed by atoms with Gasteiger partial charge in [-0.1, -0.05) is 6.07 Å². The Balaban J connectivity index is 2.06. The van der Waals surface area contributed by atoms with E-state index in [1.165, 1.54) is 21.6 Å². The van der Waals surface area contributed by atoms with Crippen LogP contribution in [-0.4, -0.2) is 38.0 Å². The number of hydrogen-bond acceptors (Lipinski definition) is 3. The summed E-state index contributed by atoms with van der Waals surface area (Å²) in [5.41, 5.74) is -1.51. The Morgan fingerprint density at radius 1 is 1.33 bits per heavy atom. The number of hydrogen-bond donors (Lipinski definition) is 1. The summed E-state index contributed by atoms with van der Waals surface area (Å²) in [7, 11) is 0. The van der Waals surface area contributed by atoms with Crippen molar-refractivity contribution in [3.63, 3.8) is 0 Å². The Morgan fingerprint density at radius 3 is 2.67 bits per heavy atom. The predicted octanol–water partition coefficient (Wildman–Crippen LogP) is 2.49. The number of benzene rings is 1. The monoisotopic (exact) mass is 337 g/mol. The van der Waals surface area contributed by atoms with Gasteiger partial charge in [-0.3, -0.25) is 9.36 Å². The summed E-state index contributed by atoms with van der Waals surface area (Å²) in [5.74, 6) is -2.02. The average molecular weight is 337 g/mol. The van der Waals surface area contributed by atoms with Gasteiger partial charge in [0.1, 0.15) is 6.33 Å². The van der Waals surface area contributed by atoms with E-state index < -0.39 is 35.2 Å². The van der Waals surface area contributed by atoms with Gasteiger partial charge in [0.25, 0.3) is 5.91 Å². The van der Waals surface area contributed by atoms with E-state index in [2.05, 4.69) is 4.98 Å². The van der Waals surface area contributed by atoms with Crippen LogP contribution in [0.3, 0.4) is 0 Å². The summed E-state index contributed by atoms with van der Waals surface area (Å²) in [6.45, 7) is 0.277. The second-order valence-electron chi connectivity index (χ2n) is 5.65. The third-order valence-electron chi connectivity index (χ3n) is 4.42. The quantitative estimate of drug-likeness (QED) is 0.867. The number of imidazole rings is 1. The van der Waals surface area contributed by atoms with Gasteiger partial charge in [-0.05, 0) is 18.6 Å². The third-order valence-corrected chi connectivity index (χ3v) is 4.42. The normalized spacial score (nSPS) is 19.0. The van der Waals surface area contributed by atoms with Crippen LogP contribution in [0.25, 0.3) is 5.69 Å². The molecule has 2 aromatic rings. The third kappa shape index (κ3) is 1.81. The molecule has 124 valence electrons. The number of aromatic nitrogens is 2. The highest BCUT2D eigenvalue weighted by molar-refractivity contribution is 6.01. The van der Waals surface area contributed by atoms with Crippen molar-refractivity contribution in [2.45, 2.75) is 18.6 Å². The van der Waals surface area contributed by atoms with Crippen LogP contribution in [-0.2, 0) is 6.18 Å². The first-order valence-electron chi connectivity index (χ1n) is 7.12. The van der Waals surface area contributed by atoms with Crippen molar-refractivity contribution in [2.24, 2.45) is 0 Å². The highest BCUT2D eigenvalue weighted by Crippen LogP contribution is 2.44. The fraction of sp³-hybridized carbons (Fsp3) is 0.267. The highest BCUT2D eigenvalue weighted by Gasteiger charge is 2.46. The van der Waals surface area contributed by atoms with Crippen LogP contribution in [0.15, 0.2) is 24.5 Å². The van der Waals surface area contributed by atoms with Crippen molar-refractivity contribution in [3.05, 3.63) is 47.0 Å². The van der Waals surface area contributed by atoms with Crippen LogP contribution in [0.5, 0.6) is 0 Å². The van der Waals surface area contributed by atoms with Gasteiger partial charge in [-0.15, -0.1) is 0 Å². The molecule has 9 heteroatoms.